The van der Waals surface area contributed by atoms with Crippen LogP contribution in [0.25, 0.3) is 22.5 Å². The van der Waals surface area contributed by atoms with Crippen molar-refractivity contribution in [3.05, 3.63) is 53.6 Å². The molecule has 10 heteroatoms. The average Bonchev–Trinajstić information content (AvgIpc) is 3.45. The van der Waals surface area contributed by atoms with Crippen molar-refractivity contribution in [2.75, 3.05) is 69.7 Å². The summed E-state index contributed by atoms with van der Waals surface area (Å²) in [7, 11) is 2.14. The van der Waals surface area contributed by atoms with Crippen molar-refractivity contribution >= 4 is 23.2 Å². The molecule has 2 saturated heterocycles. The number of anilines is 2. The highest BCUT2D eigenvalue weighted by Crippen LogP contribution is 2.43. The van der Waals surface area contributed by atoms with Gasteiger partial charge in [0.15, 0.2) is 5.78 Å². The molecule has 0 unspecified atom stereocenters. The number of benzene rings is 2. The Morgan fingerprint density at radius 3 is 2.47 bits per heavy atom. The summed E-state index contributed by atoms with van der Waals surface area (Å²) < 4.78 is 5.32. The van der Waals surface area contributed by atoms with Crippen LogP contribution < -0.4 is 15.6 Å². The van der Waals surface area contributed by atoms with E-state index in [0.29, 0.717) is 54.5 Å². The number of rotatable bonds is 4. The molecule has 10 nitrogen and oxygen atoms in total. The number of nitrogens with one attached hydrogen (secondary N) is 3. The van der Waals surface area contributed by atoms with Gasteiger partial charge in [-0.25, -0.2) is 9.80 Å². The van der Waals surface area contributed by atoms with Gasteiger partial charge < -0.3 is 19.9 Å². The molecule has 2 aliphatic heterocycles. The highest BCUT2D eigenvalue weighted by atomic mass is 16.5. The van der Waals surface area contributed by atoms with Crippen molar-refractivity contribution in [1.29, 1.82) is 0 Å². The van der Waals surface area contributed by atoms with E-state index >= 15 is 0 Å². The van der Waals surface area contributed by atoms with Gasteiger partial charge in [-0.2, -0.15) is 5.10 Å². The standard InChI is InChI=1S/C26H29N7O3/c1-31-9-11-32(12-10-31)18-7-5-17(6-8-18)23-22-24(29-28-23)19-3-2-4-20(21(19)25(22)34)27-26(35)30-33-13-15-36-16-14-33/h2-8H,9-16H2,1H3,(H,28,29)(H2,27,30,35). The predicted octanol–water partition coefficient (Wildman–Crippen LogP) is 2.41. The summed E-state index contributed by atoms with van der Waals surface area (Å²) in [5.41, 5.74) is 8.41. The molecule has 6 rings (SSSR count). The zero-order valence-corrected chi connectivity index (χ0v) is 20.2. The molecule has 1 aromatic heterocycles. The number of likely N-dealkylation sites (N-methyl/N-ethyl adjacent to an activating group) is 1. The normalized spacial score (nSPS) is 18.1. The molecule has 3 N–H and O–H groups in total. The Kier molecular flexibility index (Phi) is 5.92. The van der Waals surface area contributed by atoms with Crippen molar-refractivity contribution in [3.63, 3.8) is 0 Å². The number of piperazine rings is 1. The number of fused-ring (bicyclic) bond motifs is 3. The van der Waals surface area contributed by atoms with Gasteiger partial charge in [-0.1, -0.05) is 24.3 Å². The maximum atomic E-state index is 13.6. The number of nitrogens with zero attached hydrogens (tertiary/aromatic N) is 4. The van der Waals surface area contributed by atoms with Crippen molar-refractivity contribution in [2.24, 2.45) is 0 Å². The van der Waals surface area contributed by atoms with Gasteiger partial charge in [0.1, 0.15) is 5.69 Å². The Morgan fingerprint density at radius 2 is 1.72 bits per heavy atom. The van der Waals surface area contributed by atoms with E-state index in [0.717, 1.165) is 37.3 Å². The van der Waals surface area contributed by atoms with Crippen LogP contribution in [-0.2, 0) is 4.74 Å². The molecule has 3 aliphatic rings. The second-order valence-corrected chi connectivity index (χ2v) is 9.38. The van der Waals surface area contributed by atoms with Crippen molar-refractivity contribution < 1.29 is 14.3 Å². The summed E-state index contributed by atoms with van der Waals surface area (Å²) in [4.78, 5) is 30.9. The minimum atomic E-state index is -0.385. The van der Waals surface area contributed by atoms with E-state index in [1.165, 1.54) is 5.69 Å². The molecule has 2 amide bonds. The van der Waals surface area contributed by atoms with Gasteiger partial charge in [0.05, 0.1) is 35.7 Å². The van der Waals surface area contributed by atoms with Crippen LogP contribution in [0, 0.1) is 0 Å². The summed E-state index contributed by atoms with van der Waals surface area (Å²) in [6.07, 6.45) is 0. The molecule has 0 bridgehead atoms. The van der Waals surface area contributed by atoms with E-state index in [9.17, 15) is 9.59 Å². The second kappa shape index (κ2) is 9.38. The van der Waals surface area contributed by atoms with Gasteiger partial charge in [-0.05, 0) is 25.2 Å². The van der Waals surface area contributed by atoms with Crippen LogP contribution >= 0.6 is 0 Å². The maximum Gasteiger partial charge on any atom is 0.333 e. The molecule has 0 atom stereocenters. The third-order valence-electron chi connectivity index (χ3n) is 7.08. The topological polar surface area (TPSA) is 106 Å². The molecule has 1 aliphatic carbocycles. The second-order valence-electron chi connectivity index (χ2n) is 9.38. The number of urea groups is 1. The van der Waals surface area contributed by atoms with E-state index in [-0.39, 0.29) is 11.8 Å². The molecule has 3 heterocycles. The van der Waals surface area contributed by atoms with E-state index in [2.05, 4.69) is 49.9 Å². The molecule has 36 heavy (non-hydrogen) atoms. The number of morpholine rings is 1. The molecule has 0 radical (unpaired) electrons. The third-order valence-corrected chi connectivity index (χ3v) is 7.08. The first-order chi connectivity index (χ1) is 17.6. The van der Waals surface area contributed by atoms with Gasteiger partial charge >= 0.3 is 6.03 Å². The highest BCUT2D eigenvalue weighted by molar-refractivity contribution is 6.26. The lowest BCUT2D eigenvalue weighted by Gasteiger charge is -2.34. The number of hydrazine groups is 1. The SMILES string of the molecule is CN1CCN(c2ccc(-c3[nH]nc4c3C(=O)c3c(NC(=O)NN5CCOCC5)cccc3-4)cc2)CC1. The molecule has 2 fully saturated rings. The monoisotopic (exact) mass is 487 g/mol. The highest BCUT2D eigenvalue weighted by Gasteiger charge is 2.35. The fraction of sp³-hybridized carbons (Fsp3) is 0.346. The molecule has 186 valence electrons. The molecule has 2 aromatic carbocycles. The van der Waals surface area contributed by atoms with Crippen molar-refractivity contribution in [3.8, 4) is 22.5 Å². The number of hydrogen-bond acceptors (Lipinski definition) is 7. The quantitative estimate of drug-likeness (QED) is 0.406. The predicted molar refractivity (Wildman–Crippen MR) is 137 cm³/mol. The van der Waals surface area contributed by atoms with Gasteiger partial charge in [0.25, 0.3) is 0 Å². The summed E-state index contributed by atoms with van der Waals surface area (Å²) in [5, 5.41) is 12.2. The molecule has 3 aromatic rings. The van der Waals surface area contributed by atoms with E-state index in [4.69, 9.17) is 4.74 Å². The van der Waals surface area contributed by atoms with Crippen LogP contribution in [0.15, 0.2) is 42.5 Å². The Hall–Kier alpha value is -3.73. The number of ketones is 1. The van der Waals surface area contributed by atoms with Gasteiger partial charge in [-0.3, -0.25) is 15.3 Å². The Balaban J connectivity index is 1.23. The maximum absolute atomic E-state index is 13.6. The first-order valence-electron chi connectivity index (χ1n) is 12.3. The number of carbonyl (C=O) groups excluding carboxylic acids is 2. The Labute approximate surface area is 209 Å². The lowest BCUT2D eigenvalue weighted by Crippen LogP contribution is -2.49. The number of H-pyrrole nitrogens is 1. The molecule has 0 spiro atoms. The fourth-order valence-electron chi connectivity index (χ4n) is 5.06. The smallest absolute Gasteiger partial charge is 0.333 e. The summed E-state index contributed by atoms with van der Waals surface area (Å²) in [5.74, 6) is -0.144. The minimum Gasteiger partial charge on any atom is -0.379 e. The van der Waals surface area contributed by atoms with Gasteiger partial charge in [0.2, 0.25) is 0 Å². The van der Waals surface area contributed by atoms with Gasteiger partial charge in [0, 0.05) is 56.1 Å². The van der Waals surface area contributed by atoms with Crippen LogP contribution in [0.3, 0.4) is 0 Å². The van der Waals surface area contributed by atoms with E-state index in [1.807, 2.05) is 24.3 Å². The van der Waals surface area contributed by atoms with Crippen LogP contribution in [0.1, 0.15) is 15.9 Å². The van der Waals surface area contributed by atoms with Crippen LogP contribution in [0.2, 0.25) is 0 Å². The van der Waals surface area contributed by atoms with Crippen molar-refractivity contribution in [1.82, 2.24) is 25.5 Å². The largest absolute Gasteiger partial charge is 0.379 e. The number of aromatic amines is 1. The van der Waals surface area contributed by atoms with Crippen molar-refractivity contribution in [2.45, 2.75) is 0 Å². The average molecular weight is 488 g/mol. The minimum absolute atomic E-state index is 0.144. The lowest BCUT2D eigenvalue weighted by molar-refractivity contribution is 0.0207. The zero-order valence-electron chi connectivity index (χ0n) is 20.2. The number of hydrogen-bond donors (Lipinski definition) is 3. The Bertz CT molecular complexity index is 1290. The molecular formula is C26H29N7O3. The number of amides is 2. The molecule has 0 saturated carbocycles. The summed E-state index contributed by atoms with van der Waals surface area (Å²) in [6, 6.07) is 13.3. The third kappa shape index (κ3) is 4.13. The van der Waals surface area contributed by atoms with Crippen LogP contribution in [-0.4, -0.2) is 91.5 Å². The lowest BCUT2D eigenvalue weighted by atomic mass is 10.0. The Morgan fingerprint density at radius 1 is 0.972 bits per heavy atom. The number of aromatic nitrogens is 2. The fourth-order valence-corrected chi connectivity index (χ4v) is 5.06. The first-order valence-corrected chi connectivity index (χ1v) is 12.3. The van der Waals surface area contributed by atoms with Crippen LogP contribution in [0.5, 0.6) is 0 Å². The summed E-state index contributed by atoms with van der Waals surface area (Å²) >= 11 is 0. The van der Waals surface area contributed by atoms with E-state index < -0.39 is 0 Å². The van der Waals surface area contributed by atoms with E-state index in [1.54, 1.807) is 11.1 Å². The summed E-state index contributed by atoms with van der Waals surface area (Å²) in [6.45, 7) is 6.46. The number of ether oxygens (including phenoxy) is 1. The number of carbonyl (C=O) groups is 2. The first kappa shape index (κ1) is 22.7. The molecular weight excluding hydrogens is 458 g/mol. The van der Waals surface area contributed by atoms with Crippen LogP contribution in [0.4, 0.5) is 16.2 Å². The zero-order chi connectivity index (χ0) is 24.6. The van der Waals surface area contributed by atoms with Gasteiger partial charge in [-0.15, -0.1) is 0 Å².